The van der Waals surface area contributed by atoms with Crippen LogP contribution in [0.5, 0.6) is 0 Å². The van der Waals surface area contributed by atoms with Crippen molar-refractivity contribution in [2.45, 2.75) is 33.7 Å². The van der Waals surface area contributed by atoms with Gasteiger partial charge in [-0.1, -0.05) is 15.9 Å². The molecule has 0 saturated carbocycles. The second kappa shape index (κ2) is 12.1. The summed E-state index contributed by atoms with van der Waals surface area (Å²) in [5.74, 6) is 0.649. The van der Waals surface area contributed by atoms with Gasteiger partial charge in [-0.05, 0) is 45.0 Å². The minimum absolute atomic E-state index is 0. The average Bonchev–Trinajstić information content (AvgIpc) is 2.87. The minimum atomic E-state index is -0.0420. The van der Waals surface area contributed by atoms with Crippen molar-refractivity contribution in [1.29, 1.82) is 0 Å². The zero-order valence-electron chi connectivity index (χ0n) is 16.7. The van der Waals surface area contributed by atoms with Crippen LogP contribution in [0.3, 0.4) is 0 Å². The van der Waals surface area contributed by atoms with Crippen LogP contribution in [-0.2, 0) is 18.4 Å². The number of carbonyl (C=O) groups is 1. The van der Waals surface area contributed by atoms with Gasteiger partial charge in [0.1, 0.15) is 0 Å². The van der Waals surface area contributed by atoms with Crippen molar-refractivity contribution < 1.29 is 4.79 Å². The fourth-order valence-corrected chi connectivity index (χ4v) is 2.86. The smallest absolute Gasteiger partial charge is 0.226 e. The molecule has 154 valence electrons. The second-order valence-electron chi connectivity index (χ2n) is 6.20. The maximum atomic E-state index is 12.1. The predicted octanol–water partition coefficient (Wildman–Crippen LogP) is 3.50. The SMILES string of the molecule is CCNC(=NCc1c(C)nn(C)c1C)NCCC(=O)Nc1ccc(Br)cc1.I. The highest BCUT2D eigenvalue weighted by atomic mass is 127. The number of anilines is 1. The van der Waals surface area contributed by atoms with Crippen LogP contribution in [0.25, 0.3) is 0 Å². The summed E-state index contributed by atoms with van der Waals surface area (Å²) < 4.78 is 2.85. The molecule has 0 bridgehead atoms. The predicted molar refractivity (Wildman–Crippen MR) is 128 cm³/mol. The third-order valence-electron chi connectivity index (χ3n) is 4.17. The van der Waals surface area contributed by atoms with Crippen LogP contribution in [0.15, 0.2) is 33.7 Å². The molecule has 3 N–H and O–H groups in total. The van der Waals surface area contributed by atoms with E-state index in [-0.39, 0.29) is 29.9 Å². The molecule has 1 aromatic carbocycles. The molecule has 1 aromatic heterocycles. The summed E-state index contributed by atoms with van der Waals surface area (Å²) in [7, 11) is 1.93. The number of guanidine groups is 1. The highest BCUT2D eigenvalue weighted by molar-refractivity contribution is 14.0. The van der Waals surface area contributed by atoms with Crippen LogP contribution in [0.2, 0.25) is 0 Å². The molecule has 1 heterocycles. The number of aryl methyl sites for hydroxylation is 2. The molecule has 0 aliphatic heterocycles. The summed E-state index contributed by atoms with van der Waals surface area (Å²) in [6.07, 6.45) is 0.353. The van der Waals surface area contributed by atoms with E-state index in [2.05, 4.69) is 42.0 Å². The van der Waals surface area contributed by atoms with Crippen molar-refractivity contribution in [3.63, 3.8) is 0 Å². The first-order valence-corrected chi connectivity index (χ1v) is 9.76. The number of benzene rings is 1. The van der Waals surface area contributed by atoms with Gasteiger partial charge in [0.15, 0.2) is 5.96 Å². The fourth-order valence-electron chi connectivity index (χ4n) is 2.60. The minimum Gasteiger partial charge on any atom is -0.357 e. The molecule has 0 aliphatic carbocycles. The number of nitrogens with one attached hydrogen (secondary N) is 3. The van der Waals surface area contributed by atoms with E-state index >= 15 is 0 Å². The maximum Gasteiger partial charge on any atom is 0.226 e. The van der Waals surface area contributed by atoms with Crippen LogP contribution in [0, 0.1) is 13.8 Å². The summed E-state index contributed by atoms with van der Waals surface area (Å²) >= 11 is 3.38. The van der Waals surface area contributed by atoms with Crippen molar-refractivity contribution >= 4 is 57.5 Å². The highest BCUT2D eigenvalue weighted by Crippen LogP contribution is 2.14. The lowest BCUT2D eigenvalue weighted by Crippen LogP contribution is -2.38. The van der Waals surface area contributed by atoms with Gasteiger partial charge in [-0.15, -0.1) is 24.0 Å². The standard InChI is InChI=1S/C19H27BrN6O.HI/c1-5-21-19(23-12-17-13(2)25-26(4)14(17)3)22-11-10-18(27)24-16-8-6-15(20)7-9-16;/h6-9H,5,10-12H2,1-4H3,(H,24,27)(H2,21,22,23);1H. The summed E-state index contributed by atoms with van der Waals surface area (Å²) in [4.78, 5) is 16.7. The third kappa shape index (κ3) is 7.42. The number of nitrogens with zero attached hydrogens (tertiary/aromatic N) is 3. The number of hydrogen-bond acceptors (Lipinski definition) is 3. The zero-order chi connectivity index (χ0) is 19.8. The molecular formula is C19H28BrIN6O. The highest BCUT2D eigenvalue weighted by Gasteiger charge is 2.09. The summed E-state index contributed by atoms with van der Waals surface area (Å²) in [6.45, 7) is 7.84. The lowest BCUT2D eigenvalue weighted by Gasteiger charge is -2.11. The lowest BCUT2D eigenvalue weighted by molar-refractivity contribution is -0.116. The van der Waals surface area contributed by atoms with E-state index in [4.69, 9.17) is 0 Å². The second-order valence-corrected chi connectivity index (χ2v) is 7.12. The van der Waals surface area contributed by atoms with Crippen molar-refractivity contribution in [3.05, 3.63) is 45.7 Å². The average molecular weight is 563 g/mol. The van der Waals surface area contributed by atoms with Crippen molar-refractivity contribution in [2.24, 2.45) is 12.0 Å². The van der Waals surface area contributed by atoms with E-state index < -0.39 is 0 Å². The summed E-state index contributed by atoms with van der Waals surface area (Å²) in [6, 6.07) is 7.51. The molecule has 0 atom stereocenters. The molecular weight excluding hydrogens is 535 g/mol. The maximum absolute atomic E-state index is 12.1. The van der Waals surface area contributed by atoms with Crippen molar-refractivity contribution in [2.75, 3.05) is 18.4 Å². The number of rotatable bonds is 7. The van der Waals surface area contributed by atoms with Crippen LogP contribution < -0.4 is 16.0 Å². The van der Waals surface area contributed by atoms with Gasteiger partial charge in [-0.3, -0.25) is 9.48 Å². The lowest BCUT2D eigenvalue weighted by atomic mass is 10.2. The largest absolute Gasteiger partial charge is 0.357 e. The number of halogens is 2. The monoisotopic (exact) mass is 562 g/mol. The molecule has 0 unspecified atom stereocenters. The Labute approximate surface area is 191 Å². The number of hydrogen-bond donors (Lipinski definition) is 3. The van der Waals surface area contributed by atoms with E-state index in [1.807, 2.05) is 56.8 Å². The third-order valence-corrected chi connectivity index (χ3v) is 4.70. The van der Waals surface area contributed by atoms with Crippen molar-refractivity contribution in [1.82, 2.24) is 20.4 Å². The number of aliphatic imine (C=N–C) groups is 1. The van der Waals surface area contributed by atoms with Gasteiger partial charge < -0.3 is 16.0 Å². The first-order valence-electron chi connectivity index (χ1n) is 8.97. The molecule has 0 saturated heterocycles. The molecule has 28 heavy (non-hydrogen) atoms. The molecule has 0 fully saturated rings. The number of carbonyl (C=O) groups excluding carboxylic acids is 1. The molecule has 2 rings (SSSR count). The fraction of sp³-hybridized carbons (Fsp3) is 0.421. The Kier molecular flexibility index (Phi) is 10.5. The zero-order valence-corrected chi connectivity index (χ0v) is 20.6. The number of aromatic nitrogens is 2. The van der Waals surface area contributed by atoms with Crippen LogP contribution in [0.1, 0.15) is 30.3 Å². The van der Waals surface area contributed by atoms with Gasteiger partial charge in [-0.25, -0.2) is 4.99 Å². The van der Waals surface area contributed by atoms with E-state index in [0.717, 1.165) is 33.7 Å². The van der Waals surface area contributed by atoms with Gasteiger partial charge in [0.2, 0.25) is 5.91 Å². The van der Waals surface area contributed by atoms with Gasteiger partial charge >= 0.3 is 0 Å². The molecule has 7 nitrogen and oxygen atoms in total. The Morgan fingerprint density at radius 3 is 2.46 bits per heavy atom. The Bertz CT molecular complexity index is 804. The molecule has 1 amide bonds. The van der Waals surface area contributed by atoms with Crippen LogP contribution in [-0.4, -0.2) is 34.7 Å². The van der Waals surface area contributed by atoms with E-state index in [1.165, 1.54) is 0 Å². The topological polar surface area (TPSA) is 83.3 Å². The first-order chi connectivity index (χ1) is 12.9. The van der Waals surface area contributed by atoms with Gasteiger partial charge in [0, 0.05) is 48.0 Å². The summed E-state index contributed by atoms with van der Waals surface area (Å²) in [5.41, 5.74) is 4.01. The van der Waals surface area contributed by atoms with E-state index in [0.29, 0.717) is 25.5 Å². The Morgan fingerprint density at radius 2 is 1.89 bits per heavy atom. The molecule has 9 heteroatoms. The van der Waals surface area contributed by atoms with Crippen molar-refractivity contribution in [3.8, 4) is 0 Å². The van der Waals surface area contributed by atoms with Gasteiger partial charge in [0.05, 0.1) is 12.2 Å². The van der Waals surface area contributed by atoms with Gasteiger partial charge in [-0.2, -0.15) is 5.10 Å². The quantitative estimate of drug-likeness (QED) is 0.274. The normalized spacial score (nSPS) is 11.0. The number of amides is 1. The van der Waals surface area contributed by atoms with E-state index in [1.54, 1.807) is 0 Å². The van der Waals surface area contributed by atoms with Gasteiger partial charge in [0.25, 0.3) is 0 Å². The van der Waals surface area contributed by atoms with Crippen LogP contribution >= 0.6 is 39.9 Å². The molecule has 2 aromatic rings. The van der Waals surface area contributed by atoms with Crippen LogP contribution in [0.4, 0.5) is 5.69 Å². The molecule has 0 radical (unpaired) electrons. The molecule has 0 aliphatic rings. The Morgan fingerprint density at radius 1 is 1.21 bits per heavy atom. The Hall–Kier alpha value is -1.62. The first kappa shape index (κ1) is 24.4. The van der Waals surface area contributed by atoms with E-state index in [9.17, 15) is 4.79 Å². The summed E-state index contributed by atoms with van der Waals surface area (Å²) in [5, 5.41) is 13.7. The Balaban J connectivity index is 0.00000392. The molecule has 0 spiro atoms.